The average molecular weight is 525 g/mol. The predicted octanol–water partition coefficient (Wildman–Crippen LogP) is 6.42. The summed E-state index contributed by atoms with van der Waals surface area (Å²) in [6, 6.07) is 19.7. The van der Waals surface area contributed by atoms with Crippen LogP contribution in [0.25, 0.3) is 0 Å². The number of nitrogens with one attached hydrogen (secondary N) is 2. The number of hydrogen-bond acceptors (Lipinski definition) is 4. The molecule has 0 aliphatic heterocycles. The number of hydrogen-bond donors (Lipinski definition) is 2. The van der Waals surface area contributed by atoms with Gasteiger partial charge in [-0.2, -0.15) is 0 Å². The molecule has 0 unspecified atom stereocenters. The van der Waals surface area contributed by atoms with E-state index in [-0.39, 0.29) is 23.8 Å². The smallest absolute Gasteiger partial charge is 0.262 e. The van der Waals surface area contributed by atoms with Gasteiger partial charge in [-0.05, 0) is 66.9 Å². The van der Waals surface area contributed by atoms with Crippen LogP contribution in [0.1, 0.15) is 43.6 Å². The van der Waals surface area contributed by atoms with Gasteiger partial charge >= 0.3 is 0 Å². The molecule has 0 aliphatic rings. The van der Waals surface area contributed by atoms with E-state index in [2.05, 4.69) is 47.3 Å². The number of rotatable bonds is 8. The van der Waals surface area contributed by atoms with Crippen LogP contribution >= 0.6 is 15.9 Å². The number of carbonyl (C=O) groups excluding carboxylic acids is 2. The lowest BCUT2D eigenvalue weighted by Gasteiger charge is -2.23. The number of para-hydroxylation sites is 1. The second-order valence-electron chi connectivity index (χ2n) is 8.68. The zero-order valence-corrected chi connectivity index (χ0v) is 21.4. The van der Waals surface area contributed by atoms with E-state index in [0.29, 0.717) is 29.3 Å². The van der Waals surface area contributed by atoms with Crippen LogP contribution in [-0.4, -0.2) is 25.0 Å². The Bertz CT molecular complexity index is 1150. The third kappa shape index (κ3) is 6.84. The van der Waals surface area contributed by atoms with E-state index in [1.165, 1.54) is 0 Å². The van der Waals surface area contributed by atoms with Crippen LogP contribution in [0.2, 0.25) is 0 Å². The molecule has 3 rings (SSSR count). The van der Waals surface area contributed by atoms with E-state index < -0.39 is 0 Å². The Morgan fingerprint density at radius 3 is 2.29 bits per heavy atom. The Morgan fingerprint density at radius 1 is 0.912 bits per heavy atom. The molecule has 0 aliphatic carbocycles. The first-order valence-corrected chi connectivity index (χ1v) is 11.8. The Kier molecular flexibility index (Phi) is 8.34. The normalized spacial score (nSPS) is 11.0. The standard InChI is InChI=1S/C27H29BrN2O4/c1-5-33-20-13-11-19(12-14-20)29-26(32)21-8-6-7-9-23(21)30-25(31)17-34-24-15-10-18(28)16-22(24)27(2,3)4/h6-16H,5,17H2,1-4H3,(H,29,32)(H,30,31). The highest BCUT2D eigenvalue weighted by molar-refractivity contribution is 9.10. The Balaban J connectivity index is 1.67. The summed E-state index contributed by atoms with van der Waals surface area (Å²) in [6.07, 6.45) is 0. The zero-order chi connectivity index (χ0) is 24.7. The molecule has 0 saturated heterocycles. The van der Waals surface area contributed by atoms with Crippen molar-refractivity contribution < 1.29 is 19.1 Å². The fourth-order valence-corrected chi connectivity index (χ4v) is 3.69. The molecule has 6 nitrogen and oxygen atoms in total. The van der Waals surface area contributed by atoms with Gasteiger partial charge in [-0.25, -0.2) is 0 Å². The van der Waals surface area contributed by atoms with E-state index in [1.54, 1.807) is 48.5 Å². The number of ether oxygens (including phenoxy) is 2. The van der Waals surface area contributed by atoms with Crippen LogP contribution in [0.3, 0.4) is 0 Å². The lowest BCUT2D eigenvalue weighted by atomic mass is 9.86. The molecule has 0 fully saturated rings. The average Bonchev–Trinajstić information content (AvgIpc) is 2.79. The van der Waals surface area contributed by atoms with Gasteiger partial charge in [-0.15, -0.1) is 0 Å². The second-order valence-corrected chi connectivity index (χ2v) is 9.60. The van der Waals surface area contributed by atoms with Crippen molar-refractivity contribution in [2.45, 2.75) is 33.1 Å². The SMILES string of the molecule is CCOc1ccc(NC(=O)c2ccccc2NC(=O)COc2ccc(Br)cc2C(C)(C)C)cc1. The van der Waals surface area contributed by atoms with E-state index in [4.69, 9.17) is 9.47 Å². The van der Waals surface area contributed by atoms with E-state index >= 15 is 0 Å². The topological polar surface area (TPSA) is 76.7 Å². The van der Waals surface area contributed by atoms with Crippen molar-refractivity contribution in [2.75, 3.05) is 23.8 Å². The first-order valence-electron chi connectivity index (χ1n) is 11.0. The summed E-state index contributed by atoms with van der Waals surface area (Å²) in [4.78, 5) is 25.5. The highest BCUT2D eigenvalue weighted by atomic mass is 79.9. The highest BCUT2D eigenvalue weighted by Gasteiger charge is 2.20. The van der Waals surface area contributed by atoms with Crippen LogP contribution in [0.4, 0.5) is 11.4 Å². The van der Waals surface area contributed by atoms with Crippen LogP contribution in [0.5, 0.6) is 11.5 Å². The van der Waals surface area contributed by atoms with Gasteiger partial charge in [0.25, 0.3) is 11.8 Å². The highest BCUT2D eigenvalue weighted by Crippen LogP contribution is 2.33. The van der Waals surface area contributed by atoms with Gasteiger partial charge < -0.3 is 20.1 Å². The van der Waals surface area contributed by atoms with Crippen molar-refractivity contribution in [2.24, 2.45) is 0 Å². The minimum Gasteiger partial charge on any atom is -0.494 e. The van der Waals surface area contributed by atoms with Gasteiger partial charge in [0.2, 0.25) is 0 Å². The molecule has 0 aromatic heterocycles. The summed E-state index contributed by atoms with van der Waals surface area (Å²) in [5.41, 5.74) is 2.23. The van der Waals surface area contributed by atoms with Crippen molar-refractivity contribution in [3.05, 3.63) is 82.3 Å². The number of halogens is 1. The van der Waals surface area contributed by atoms with Gasteiger partial charge in [-0.3, -0.25) is 9.59 Å². The minimum atomic E-state index is -0.357. The van der Waals surface area contributed by atoms with Crippen LogP contribution in [-0.2, 0) is 10.2 Å². The Labute approximate surface area is 208 Å². The molecule has 0 radical (unpaired) electrons. The summed E-state index contributed by atoms with van der Waals surface area (Å²) in [7, 11) is 0. The fraction of sp³-hybridized carbons (Fsp3) is 0.259. The monoisotopic (exact) mass is 524 g/mol. The molecule has 0 bridgehead atoms. The van der Waals surface area contributed by atoms with E-state index in [0.717, 1.165) is 15.8 Å². The van der Waals surface area contributed by atoms with Crippen molar-refractivity contribution in [1.29, 1.82) is 0 Å². The minimum absolute atomic E-state index is 0.152. The first kappa shape index (κ1) is 25.3. The summed E-state index contributed by atoms with van der Waals surface area (Å²) >= 11 is 3.49. The lowest BCUT2D eigenvalue weighted by molar-refractivity contribution is -0.118. The van der Waals surface area contributed by atoms with Crippen LogP contribution in [0.15, 0.2) is 71.2 Å². The molecule has 34 heavy (non-hydrogen) atoms. The maximum Gasteiger partial charge on any atom is 0.262 e. The largest absolute Gasteiger partial charge is 0.494 e. The lowest BCUT2D eigenvalue weighted by Crippen LogP contribution is -2.24. The fourth-order valence-electron chi connectivity index (χ4n) is 3.33. The molecule has 0 atom stereocenters. The third-order valence-electron chi connectivity index (χ3n) is 4.98. The van der Waals surface area contributed by atoms with E-state index in [1.807, 2.05) is 25.1 Å². The Morgan fingerprint density at radius 2 is 1.62 bits per heavy atom. The number of anilines is 2. The van der Waals surface area contributed by atoms with Crippen molar-refractivity contribution >= 4 is 39.1 Å². The van der Waals surface area contributed by atoms with Gasteiger partial charge in [0, 0.05) is 15.7 Å². The predicted molar refractivity (Wildman–Crippen MR) is 139 cm³/mol. The maximum absolute atomic E-state index is 12.9. The first-order chi connectivity index (χ1) is 16.2. The molecule has 2 amide bonds. The van der Waals surface area contributed by atoms with Crippen LogP contribution in [0, 0.1) is 0 Å². The summed E-state index contributed by atoms with van der Waals surface area (Å²) in [5, 5.41) is 5.64. The van der Waals surface area contributed by atoms with Gasteiger partial charge in [0.05, 0.1) is 17.9 Å². The molecule has 3 aromatic rings. The molecule has 0 spiro atoms. The number of amides is 2. The number of benzene rings is 3. The quantitative estimate of drug-likeness (QED) is 0.356. The van der Waals surface area contributed by atoms with E-state index in [9.17, 15) is 9.59 Å². The van der Waals surface area contributed by atoms with Gasteiger partial charge in [0.1, 0.15) is 11.5 Å². The molecule has 2 N–H and O–H groups in total. The van der Waals surface area contributed by atoms with Gasteiger partial charge in [-0.1, -0.05) is 48.8 Å². The number of carbonyl (C=O) groups is 2. The summed E-state index contributed by atoms with van der Waals surface area (Å²) < 4.78 is 12.2. The van der Waals surface area contributed by atoms with Crippen molar-refractivity contribution in [3.8, 4) is 11.5 Å². The summed E-state index contributed by atoms with van der Waals surface area (Å²) in [6.45, 7) is 8.55. The zero-order valence-electron chi connectivity index (χ0n) is 19.8. The molecule has 178 valence electrons. The third-order valence-corrected chi connectivity index (χ3v) is 5.47. The van der Waals surface area contributed by atoms with Crippen molar-refractivity contribution in [1.82, 2.24) is 0 Å². The molecular weight excluding hydrogens is 496 g/mol. The summed E-state index contributed by atoms with van der Waals surface area (Å²) in [5.74, 6) is 0.689. The molecule has 0 heterocycles. The second kappa shape index (κ2) is 11.2. The molecular formula is C27H29BrN2O4. The molecule has 0 saturated carbocycles. The van der Waals surface area contributed by atoms with Gasteiger partial charge in [0.15, 0.2) is 6.61 Å². The maximum atomic E-state index is 12.9. The Hall–Kier alpha value is -3.32. The molecule has 7 heteroatoms. The van der Waals surface area contributed by atoms with Crippen LogP contribution < -0.4 is 20.1 Å². The van der Waals surface area contributed by atoms with Crippen molar-refractivity contribution in [3.63, 3.8) is 0 Å². The molecule has 3 aromatic carbocycles.